The fourth-order valence-electron chi connectivity index (χ4n) is 1.10. The number of benzene rings is 1. The molecule has 78 valence electrons. The van der Waals surface area contributed by atoms with Crippen molar-refractivity contribution in [3.8, 4) is 0 Å². The molecule has 0 bridgehead atoms. The summed E-state index contributed by atoms with van der Waals surface area (Å²) in [5.74, 6) is 0. The van der Waals surface area contributed by atoms with Gasteiger partial charge in [0.2, 0.25) is 0 Å². The first-order valence-electron chi connectivity index (χ1n) is 4.34. The number of aromatic nitrogens is 2. The van der Waals surface area contributed by atoms with Crippen LogP contribution in [0.1, 0.15) is 5.56 Å². The van der Waals surface area contributed by atoms with Crippen LogP contribution in [0, 0.1) is 0 Å². The van der Waals surface area contributed by atoms with E-state index < -0.39 is 0 Å². The van der Waals surface area contributed by atoms with Crippen molar-refractivity contribution in [3.05, 3.63) is 29.8 Å². The molecule has 1 heterocycles. The van der Waals surface area contributed by atoms with Gasteiger partial charge in [0, 0.05) is 5.69 Å². The van der Waals surface area contributed by atoms with E-state index in [-0.39, 0.29) is 18.6 Å². The summed E-state index contributed by atoms with van der Waals surface area (Å²) >= 11 is 0. The molecule has 0 saturated heterocycles. The molecule has 0 amide bonds. The van der Waals surface area contributed by atoms with Crippen molar-refractivity contribution in [2.24, 2.45) is 0 Å². The molecule has 2 rings (SSSR count). The molecule has 0 aliphatic carbocycles. The van der Waals surface area contributed by atoms with Crippen LogP contribution in [0.5, 0.6) is 0 Å². The number of rotatable bonds is 3. The lowest BCUT2D eigenvalue weighted by Crippen LogP contribution is -1.91. The van der Waals surface area contributed by atoms with Crippen LogP contribution in [0.15, 0.2) is 28.7 Å². The molecule has 6 heteroatoms. The van der Waals surface area contributed by atoms with Crippen LogP contribution in [-0.2, 0) is 6.61 Å². The van der Waals surface area contributed by atoms with Gasteiger partial charge in [-0.3, -0.25) is 0 Å². The standard InChI is InChI=1S/C9H10N4O2/c10-8-12-13-9(15-8)11-7-3-1-6(5-14)2-4-7/h1-4,14H,5H2,(H2,10,12)(H,11,13). The van der Waals surface area contributed by atoms with Gasteiger partial charge >= 0.3 is 12.0 Å². The van der Waals surface area contributed by atoms with Gasteiger partial charge in [-0.05, 0) is 17.7 Å². The molecule has 0 aliphatic heterocycles. The van der Waals surface area contributed by atoms with Crippen molar-refractivity contribution in [1.29, 1.82) is 0 Å². The Morgan fingerprint density at radius 2 is 2.00 bits per heavy atom. The second kappa shape index (κ2) is 3.97. The summed E-state index contributed by atoms with van der Waals surface area (Å²) in [7, 11) is 0. The van der Waals surface area contributed by atoms with Crippen molar-refractivity contribution >= 4 is 17.7 Å². The van der Waals surface area contributed by atoms with Gasteiger partial charge in [0.25, 0.3) is 0 Å². The third kappa shape index (κ3) is 2.23. The zero-order valence-electron chi connectivity index (χ0n) is 7.84. The fraction of sp³-hybridized carbons (Fsp3) is 0.111. The molecule has 0 spiro atoms. The Kier molecular flexibility index (Phi) is 2.51. The monoisotopic (exact) mass is 206 g/mol. The average Bonchev–Trinajstić information content (AvgIpc) is 2.65. The van der Waals surface area contributed by atoms with Crippen molar-refractivity contribution in [2.45, 2.75) is 6.61 Å². The highest BCUT2D eigenvalue weighted by atomic mass is 16.4. The molecular weight excluding hydrogens is 196 g/mol. The largest absolute Gasteiger partial charge is 0.392 e. The number of aliphatic hydroxyl groups excluding tert-OH is 1. The van der Waals surface area contributed by atoms with Gasteiger partial charge in [0.05, 0.1) is 6.61 Å². The van der Waals surface area contributed by atoms with E-state index in [0.717, 1.165) is 11.3 Å². The first kappa shape index (κ1) is 9.47. The number of nitrogen functional groups attached to an aromatic ring is 1. The van der Waals surface area contributed by atoms with Crippen LogP contribution >= 0.6 is 0 Å². The van der Waals surface area contributed by atoms with Crippen molar-refractivity contribution in [3.63, 3.8) is 0 Å². The number of hydrogen-bond donors (Lipinski definition) is 3. The molecule has 0 unspecified atom stereocenters. The minimum Gasteiger partial charge on any atom is -0.392 e. The highest BCUT2D eigenvalue weighted by Crippen LogP contribution is 2.16. The molecule has 0 aliphatic rings. The maximum Gasteiger partial charge on any atom is 0.321 e. The van der Waals surface area contributed by atoms with Crippen molar-refractivity contribution in [1.82, 2.24) is 10.2 Å². The van der Waals surface area contributed by atoms with Gasteiger partial charge in [-0.25, -0.2) is 0 Å². The Hall–Kier alpha value is -2.08. The molecule has 1 aromatic carbocycles. The summed E-state index contributed by atoms with van der Waals surface area (Å²) in [6.45, 7) is 0.0216. The average molecular weight is 206 g/mol. The summed E-state index contributed by atoms with van der Waals surface area (Å²) in [6, 6.07) is 7.44. The second-order valence-electron chi connectivity index (χ2n) is 2.93. The first-order chi connectivity index (χ1) is 7.28. The topological polar surface area (TPSA) is 97.2 Å². The summed E-state index contributed by atoms with van der Waals surface area (Å²) in [5, 5.41) is 18.9. The Morgan fingerprint density at radius 3 is 2.53 bits per heavy atom. The van der Waals surface area contributed by atoms with E-state index in [2.05, 4.69) is 15.5 Å². The van der Waals surface area contributed by atoms with Crippen molar-refractivity contribution in [2.75, 3.05) is 11.1 Å². The van der Waals surface area contributed by atoms with E-state index in [1.807, 2.05) is 0 Å². The van der Waals surface area contributed by atoms with E-state index in [0.29, 0.717) is 0 Å². The molecule has 1 aromatic heterocycles. The van der Waals surface area contributed by atoms with Crippen LogP contribution in [0.2, 0.25) is 0 Å². The minimum absolute atomic E-state index is 0.0180. The highest BCUT2D eigenvalue weighted by molar-refractivity contribution is 5.52. The lowest BCUT2D eigenvalue weighted by Gasteiger charge is -2.01. The molecule has 0 radical (unpaired) electrons. The van der Waals surface area contributed by atoms with Crippen LogP contribution in [0.3, 0.4) is 0 Å². The van der Waals surface area contributed by atoms with Crippen molar-refractivity contribution < 1.29 is 9.52 Å². The van der Waals surface area contributed by atoms with E-state index >= 15 is 0 Å². The van der Waals surface area contributed by atoms with E-state index in [9.17, 15) is 0 Å². The quantitative estimate of drug-likeness (QED) is 0.689. The normalized spacial score (nSPS) is 10.2. The molecule has 15 heavy (non-hydrogen) atoms. The highest BCUT2D eigenvalue weighted by Gasteiger charge is 2.02. The van der Waals surface area contributed by atoms with Gasteiger partial charge in [-0.15, -0.1) is 0 Å². The molecule has 0 saturated carbocycles. The van der Waals surface area contributed by atoms with Gasteiger partial charge in [-0.1, -0.05) is 22.3 Å². The third-order valence-electron chi connectivity index (χ3n) is 1.83. The smallest absolute Gasteiger partial charge is 0.321 e. The summed E-state index contributed by atoms with van der Waals surface area (Å²) < 4.78 is 4.94. The summed E-state index contributed by atoms with van der Waals surface area (Å²) in [5.41, 5.74) is 6.89. The molecule has 2 aromatic rings. The lowest BCUT2D eigenvalue weighted by molar-refractivity contribution is 0.282. The van der Waals surface area contributed by atoms with E-state index in [4.69, 9.17) is 15.3 Å². The Bertz CT molecular complexity index is 438. The van der Waals surface area contributed by atoms with Gasteiger partial charge in [0.1, 0.15) is 0 Å². The Balaban J connectivity index is 2.11. The number of nitrogens with zero attached hydrogens (tertiary/aromatic N) is 2. The first-order valence-corrected chi connectivity index (χ1v) is 4.34. The van der Waals surface area contributed by atoms with Gasteiger partial charge < -0.3 is 20.6 Å². The molecule has 6 nitrogen and oxygen atoms in total. The Morgan fingerprint density at radius 1 is 1.27 bits per heavy atom. The Labute approximate surface area is 85.7 Å². The number of nitrogens with one attached hydrogen (secondary N) is 1. The second-order valence-corrected chi connectivity index (χ2v) is 2.93. The molecule has 0 fully saturated rings. The van der Waals surface area contributed by atoms with Gasteiger partial charge in [0.15, 0.2) is 0 Å². The van der Waals surface area contributed by atoms with Crippen LogP contribution < -0.4 is 11.1 Å². The van der Waals surface area contributed by atoms with Crippen LogP contribution in [-0.4, -0.2) is 15.3 Å². The molecule has 0 atom stereocenters. The number of aliphatic hydroxyl groups is 1. The summed E-state index contributed by atoms with van der Waals surface area (Å²) in [4.78, 5) is 0. The number of anilines is 3. The number of nitrogens with two attached hydrogens (primary N) is 1. The van der Waals surface area contributed by atoms with Gasteiger partial charge in [-0.2, -0.15) is 0 Å². The lowest BCUT2D eigenvalue weighted by atomic mass is 10.2. The molecule has 4 N–H and O–H groups in total. The van der Waals surface area contributed by atoms with Crippen LogP contribution in [0.25, 0.3) is 0 Å². The molecular formula is C9H10N4O2. The predicted octanol–water partition coefficient (Wildman–Crippen LogP) is 0.888. The number of hydrogen-bond acceptors (Lipinski definition) is 6. The zero-order chi connectivity index (χ0) is 10.7. The maximum atomic E-state index is 8.84. The zero-order valence-corrected chi connectivity index (χ0v) is 7.84. The summed E-state index contributed by atoms with van der Waals surface area (Å²) in [6.07, 6.45) is 0. The third-order valence-corrected chi connectivity index (χ3v) is 1.83. The van der Waals surface area contributed by atoms with E-state index in [1.54, 1.807) is 24.3 Å². The maximum absolute atomic E-state index is 8.84. The fourth-order valence-corrected chi connectivity index (χ4v) is 1.10. The predicted molar refractivity (Wildman–Crippen MR) is 54.4 cm³/mol. The van der Waals surface area contributed by atoms with E-state index in [1.165, 1.54) is 0 Å². The van der Waals surface area contributed by atoms with Crippen LogP contribution in [0.4, 0.5) is 17.7 Å². The minimum atomic E-state index is 0.0180. The SMILES string of the molecule is Nc1nnc(Nc2ccc(CO)cc2)o1.